The van der Waals surface area contributed by atoms with Gasteiger partial charge in [-0.15, -0.1) is 0 Å². The van der Waals surface area contributed by atoms with E-state index < -0.39 is 0 Å². The van der Waals surface area contributed by atoms with Crippen LogP contribution >= 0.6 is 11.6 Å². The van der Waals surface area contributed by atoms with Crippen molar-refractivity contribution in [3.63, 3.8) is 0 Å². The zero-order valence-corrected chi connectivity index (χ0v) is 6.98. The molecule has 0 radical (unpaired) electrons. The molecule has 0 saturated heterocycles. The molecule has 0 aliphatic rings. The Morgan fingerprint density at radius 1 is 1.60 bits per heavy atom. The predicted octanol–water partition coefficient (Wildman–Crippen LogP) is 2.66. The Morgan fingerprint density at radius 2 is 2.20 bits per heavy atom. The van der Waals surface area contributed by atoms with Crippen LogP contribution in [0.5, 0.6) is 0 Å². The zero-order valence-electron chi connectivity index (χ0n) is 6.23. The van der Waals surface area contributed by atoms with Crippen molar-refractivity contribution in [2.45, 2.75) is 20.3 Å². The molecule has 0 bridgehead atoms. The Labute approximate surface area is 66.4 Å². The monoisotopic (exact) mass is 158 g/mol. The lowest BCUT2D eigenvalue weighted by Crippen LogP contribution is -1.78. The van der Waals surface area contributed by atoms with Gasteiger partial charge in [-0.25, -0.2) is 0 Å². The Hall–Kier alpha value is -0.560. The topological polar surface area (TPSA) is 17.1 Å². The first kappa shape index (κ1) is 9.44. The number of carbonyl (C=O) groups is 1. The quantitative estimate of drug-likeness (QED) is 0.351. The van der Waals surface area contributed by atoms with E-state index in [2.05, 4.69) is 0 Å². The lowest BCUT2D eigenvalue weighted by molar-refractivity contribution is -0.104. The van der Waals surface area contributed by atoms with Crippen molar-refractivity contribution >= 4 is 17.9 Å². The third kappa shape index (κ3) is 4.33. The molecule has 0 aromatic carbocycles. The summed E-state index contributed by atoms with van der Waals surface area (Å²) in [7, 11) is 0. The maximum Gasteiger partial charge on any atom is 0.149 e. The molecule has 0 aliphatic carbocycles. The van der Waals surface area contributed by atoms with Crippen molar-refractivity contribution in [1.82, 2.24) is 0 Å². The zero-order chi connectivity index (χ0) is 7.98. The van der Waals surface area contributed by atoms with Crippen molar-refractivity contribution in [2.75, 3.05) is 0 Å². The molecule has 10 heavy (non-hydrogen) atoms. The Balaban J connectivity index is 4.23. The summed E-state index contributed by atoms with van der Waals surface area (Å²) in [6, 6.07) is 0. The van der Waals surface area contributed by atoms with E-state index in [9.17, 15) is 4.79 Å². The number of halogens is 1. The van der Waals surface area contributed by atoms with Crippen LogP contribution in [0.1, 0.15) is 20.3 Å². The largest absolute Gasteiger partial charge is 0.298 e. The summed E-state index contributed by atoms with van der Waals surface area (Å²) in [6.07, 6.45) is 5.14. The van der Waals surface area contributed by atoms with Crippen LogP contribution in [0.25, 0.3) is 0 Å². The van der Waals surface area contributed by atoms with E-state index in [0.29, 0.717) is 10.6 Å². The molecule has 0 spiro atoms. The molecular formula is C8H11ClO. The Morgan fingerprint density at radius 3 is 2.50 bits per heavy atom. The maximum absolute atomic E-state index is 10.3. The van der Waals surface area contributed by atoms with Gasteiger partial charge in [0.05, 0.1) is 0 Å². The van der Waals surface area contributed by atoms with Gasteiger partial charge in [-0.05, 0) is 19.4 Å². The average molecular weight is 159 g/mol. The van der Waals surface area contributed by atoms with Crippen LogP contribution in [0, 0.1) is 0 Å². The molecule has 56 valence electrons. The summed E-state index contributed by atoms with van der Waals surface area (Å²) in [4.78, 5) is 10.3. The van der Waals surface area contributed by atoms with Gasteiger partial charge in [0.25, 0.3) is 0 Å². The van der Waals surface area contributed by atoms with Gasteiger partial charge in [0, 0.05) is 10.6 Å². The molecule has 0 unspecified atom stereocenters. The van der Waals surface area contributed by atoms with E-state index in [1.165, 1.54) is 0 Å². The van der Waals surface area contributed by atoms with Crippen molar-refractivity contribution in [1.29, 1.82) is 0 Å². The molecule has 0 rings (SSSR count). The lowest BCUT2D eigenvalue weighted by atomic mass is 10.2. The summed E-state index contributed by atoms with van der Waals surface area (Å²) in [5.41, 5.74) is 0.648. The molecule has 1 nitrogen and oxygen atoms in total. The third-order valence-electron chi connectivity index (χ3n) is 0.941. The Bertz CT molecular complexity index is 164. The number of hydrogen-bond acceptors (Lipinski definition) is 1. The minimum Gasteiger partial charge on any atom is -0.298 e. The summed E-state index contributed by atoms with van der Waals surface area (Å²) in [6.45, 7) is 3.72. The molecule has 0 atom stereocenters. The fraction of sp³-hybridized carbons (Fsp3) is 0.375. The molecule has 0 amide bonds. The van der Waals surface area contributed by atoms with Crippen molar-refractivity contribution in [3.05, 3.63) is 22.8 Å². The first-order valence-corrected chi connectivity index (χ1v) is 3.57. The summed E-state index contributed by atoms with van der Waals surface area (Å²) in [5, 5.41) is 0.631. The number of carbonyl (C=O) groups excluding carboxylic acids is 1. The van der Waals surface area contributed by atoms with Gasteiger partial charge in [-0.1, -0.05) is 24.6 Å². The number of aldehydes is 1. The second-order valence-corrected chi connectivity index (χ2v) is 2.56. The first-order valence-electron chi connectivity index (χ1n) is 3.19. The smallest absolute Gasteiger partial charge is 0.149 e. The molecule has 0 aromatic heterocycles. The van der Waals surface area contributed by atoms with Crippen molar-refractivity contribution in [3.8, 4) is 0 Å². The van der Waals surface area contributed by atoms with Gasteiger partial charge in [-0.3, -0.25) is 4.79 Å². The highest BCUT2D eigenvalue weighted by Crippen LogP contribution is 2.04. The first-order chi connectivity index (χ1) is 4.70. The molecule has 0 N–H and O–H groups in total. The van der Waals surface area contributed by atoms with E-state index in [-0.39, 0.29) is 0 Å². The average Bonchev–Trinajstić information content (AvgIpc) is 1.86. The minimum atomic E-state index is 0.631. The highest BCUT2D eigenvalue weighted by atomic mass is 35.5. The number of allylic oxidation sites excluding steroid dienone is 4. The van der Waals surface area contributed by atoms with E-state index in [4.69, 9.17) is 11.6 Å². The second-order valence-electron chi connectivity index (χ2n) is 1.96. The fourth-order valence-electron chi connectivity index (χ4n) is 0.606. The standard InChI is InChI=1S/C8H11ClO/c1-3-4-8(6-10)5-7(2)9/h4-6H,3H2,1-2H3/b7-5+,8-4+. The molecular weight excluding hydrogens is 148 g/mol. The van der Waals surface area contributed by atoms with Crippen LogP contribution in [-0.4, -0.2) is 6.29 Å². The SMILES string of the molecule is CC/C=C(C=O)\C=C(/C)Cl. The Kier molecular flexibility index (Phi) is 4.95. The van der Waals surface area contributed by atoms with Crippen molar-refractivity contribution < 1.29 is 4.79 Å². The van der Waals surface area contributed by atoms with Crippen LogP contribution in [0.4, 0.5) is 0 Å². The van der Waals surface area contributed by atoms with Crippen LogP contribution in [0.2, 0.25) is 0 Å². The van der Waals surface area contributed by atoms with Gasteiger partial charge >= 0.3 is 0 Å². The highest BCUT2D eigenvalue weighted by molar-refractivity contribution is 6.29. The normalized spacial score (nSPS) is 13.5. The molecule has 0 saturated carbocycles. The molecule has 0 aliphatic heterocycles. The summed E-state index contributed by atoms with van der Waals surface area (Å²) in [5.74, 6) is 0. The van der Waals surface area contributed by atoms with Gasteiger partial charge < -0.3 is 0 Å². The van der Waals surface area contributed by atoms with E-state index in [1.807, 2.05) is 13.0 Å². The van der Waals surface area contributed by atoms with Gasteiger partial charge in [0.2, 0.25) is 0 Å². The molecule has 0 fully saturated rings. The minimum absolute atomic E-state index is 0.631. The molecule has 0 heterocycles. The van der Waals surface area contributed by atoms with E-state index in [1.54, 1.807) is 13.0 Å². The summed E-state index contributed by atoms with van der Waals surface area (Å²) >= 11 is 5.55. The number of hydrogen-bond donors (Lipinski definition) is 0. The second kappa shape index (κ2) is 5.24. The lowest BCUT2D eigenvalue weighted by Gasteiger charge is -1.88. The van der Waals surface area contributed by atoms with Crippen LogP contribution in [0.3, 0.4) is 0 Å². The number of rotatable bonds is 3. The molecule has 2 heteroatoms. The maximum atomic E-state index is 10.3. The van der Waals surface area contributed by atoms with E-state index >= 15 is 0 Å². The molecule has 0 aromatic rings. The van der Waals surface area contributed by atoms with Crippen LogP contribution < -0.4 is 0 Å². The van der Waals surface area contributed by atoms with E-state index in [0.717, 1.165) is 12.7 Å². The van der Waals surface area contributed by atoms with Crippen LogP contribution in [0.15, 0.2) is 22.8 Å². The predicted molar refractivity (Wildman–Crippen MR) is 44.0 cm³/mol. The van der Waals surface area contributed by atoms with Crippen LogP contribution in [-0.2, 0) is 4.79 Å². The van der Waals surface area contributed by atoms with Gasteiger partial charge in [0.15, 0.2) is 0 Å². The summed E-state index contributed by atoms with van der Waals surface area (Å²) < 4.78 is 0. The van der Waals surface area contributed by atoms with Gasteiger partial charge in [-0.2, -0.15) is 0 Å². The van der Waals surface area contributed by atoms with Gasteiger partial charge in [0.1, 0.15) is 6.29 Å². The third-order valence-corrected chi connectivity index (χ3v) is 1.05. The highest BCUT2D eigenvalue weighted by Gasteiger charge is 1.87. The fourth-order valence-corrected chi connectivity index (χ4v) is 0.732. The van der Waals surface area contributed by atoms with Crippen molar-refractivity contribution in [2.24, 2.45) is 0 Å².